The van der Waals surface area contributed by atoms with Crippen LogP contribution in [0.25, 0.3) is 6.08 Å². The van der Waals surface area contributed by atoms with Gasteiger partial charge in [0.05, 0.1) is 4.92 Å². The maximum atomic E-state index is 12.6. The summed E-state index contributed by atoms with van der Waals surface area (Å²) in [5, 5.41) is 23.2. The molecule has 3 aromatic rings. The second-order valence-electron chi connectivity index (χ2n) is 7.25. The van der Waals surface area contributed by atoms with Gasteiger partial charge in [-0.05, 0) is 54.8 Å². The van der Waals surface area contributed by atoms with E-state index >= 15 is 0 Å². The van der Waals surface area contributed by atoms with Crippen molar-refractivity contribution in [2.75, 3.05) is 5.32 Å². The van der Waals surface area contributed by atoms with Gasteiger partial charge in [-0.25, -0.2) is 0 Å². The summed E-state index contributed by atoms with van der Waals surface area (Å²) < 4.78 is 5.81. The zero-order chi connectivity index (χ0) is 23.1. The number of carbonyl (C=O) groups excluding carboxylic acids is 1. The third kappa shape index (κ3) is 5.80. The van der Waals surface area contributed by atoms with Crippen molar-refractivity contribution in [1.29, 1.82) is 5.26 Å². The van der Waals surface area contributed by atoms with Crippen molar-refractivity contribution in [2.45, 2.75) is 20.5 Å². The van der Waals surface area contributed by atoms with Gasteiger partial charge in [0.25, 0.3) is 11.6 Å². The quantitative estimate of drug-likeness (QED) is 0.237. The van der Waals surface area contributed by atoms with Crippen LogP contribution in [0.2, 0.25) is 0 Å². The lowest BCUT2D eigenvalue weighted by atomic mass is 10.1. The highest BCUT2D eigenvalue weighted by Gasteiger charge is 2.18. The monoisotopic (exact) mass is 427 g/mol. The van der Waals surface area contributed by atoms with Crippen LogP contribution in [0.3, 0.4) is 0 Å². The molecule has 0 aliphatic heterocycles. The Labute approximate surface area is 185 Å². The Morgan fingerprint density at radius 2 is 1.81 bits per heavy atom. The first-order valence-electron chi connectivity index (χ1n) is 9.82. The summed E-state index contributed by atoms with van der Waals surface area (Å²) in [5.41, 5.74) is 3.08. The third-order valence-corrected chi connectivity index (χ3v) is 4.66. The van der Waals surface area contributed by atoms with Gasteiger partial charge in [-0.3, -0.25) is 14.9 Å². The highest BCUT2D eigenvalue weighted by Crippen LogP contribution is 2.26. The van der Waals surface area contributed by atoms with Gasteiger partial charge >= 0.3 is 0 Å². The Hall–Kier alpha value is -4.44. The number of nitro benzene ring substituents is 1. The number of amides is 1. The predicted octanol–water partition coefficient (Wildman–Crippen LogP) is 5.34. The molecule has 0 bridgehead atoms. The molecule has 0 radical (unpaired) electrons. The van der Waals surface area contributed by atoms with Crippen LogP contribution in [0.5, 0.6) is 5.75 Å². The first-order valence-corrected chi connectivity index (χ1v) is 9.82. The molecular formula is C25H21N3O4. The third-order valence-electron chi connectivity index (χ3n) is 4.66. The molecule has 7 heteroatoms. The van der Waals surface area contributed by atoms with Crippen LogP contribution in [0.15, 0.2) is 72.3 Å². The van der Waals surface area contributed by atoms with E-state index in [1.165, 1.54) is 23.8 Å². The fourth-order valence-electron chi connectivity index (χ4n) is 2.95. The number of hydrogen-bond acceptors (Lipinski definition) is 5. The molecule has 0 aliphatic carbocycles. The Balaban J connectivity index is 1.75. The Bertz CT molecular complexity index is 1220. The molecule has 0 saturated carbocycles. The molecule has 3 aromatic carbocycles. The fourth-order valence-corrected chi connectivity index (χ4v) is 2.95. The van der Waals surface area contributed by atoms with Crippen molar-refractivity contribution < 1.29 is 14.5 Å². The van der Waals surface area contributed by atoms with Gasteiger partial charge < -0.3 is 10.1 Å². The molecule has 0 atom stereocenters. The van der Waals surface area contributed by atoms with Gasteiger partial charge in [-0.15, -0.1) is 0 Å². The topological polar surface area (TPSA) is 105 Å². The summed E-state index contributed by atoms with van der Waals surface area (Å²) in [6.07, 6.45) is 1.41. The predicted molar refractivity (Wildman–Crippen MR) is 122 cm³/mol. The summed E-state index contributed by atoms with van der Waals surface area (Å²) in [5.74, 6) is -0.142. The van der Waals surface area contributed by atoms with Gasteiger partial charge in [0.1, 0.15) is 29.7 Å². The van der Waals surface area contributed by atoms with Crippen molar-refractivity contribution >= 4 is 23.4 Å². The first-order chi connectivity index (χ1) is 15.4. The lowest BCUT2D eigenvalue weighted by Crippen LogP contribution is -2.14. The van der Waals surface area contributed by atoms with E-state index in [1.54, 1.807) is 37.3 Å². The van der Waals surface area contributed by atoms with Gasteiger partial charge in [-0.1, -0.05) is 48.0 Å². The van der Waals surface area contributed by atoms with E-state index in [4.69, 9.17) is 4.74 Å². The minimum Gasteiger partial charge on any atom is -0.489 e. The molecule has 0 spiro atoms. The average molecular weight is 427 g/mol. The number of carbonyl (C=O) groups is 1. The molecule has 0 saturated heterocycles. The van der Waals surface area contributed by atoms with Crippen molar-refractivity contribution in [3.8, 4) is 11.8 Å². The number of nitrogens with one attached hydrogen (secondary N) is 1. The first kappa shape index (κ1) is 22.2. The van der Waals surface area contributed by atoms with Crippen LogP contribution in [0, 0.1) is 35.3 Å². The number of rotatable bonds is 7. The molecule has 0 unspecified atom stereocenters. The minimum atomic E-state index is -0.731. The van der Waals surface area contributed by atoms with E-state index in [9.17, 15) is 20.2 Å². The molecule has 0 fully saturated rings. The van der Waals surface area contributed by atoms with Gasteiger partial charge in [0.15, 0.2) is 0 Å². The molecule has 0 aliphatic rings. The van der Waals surface area contributed by atoms with E-state index in [0.717, 1.165) is 5.56 Å². The zero-order valence-corrected chi connectivity index (χ0v) is 17.7. The number of nitriles is 1. The maximum Gasteiger partial charge on any atom is 0.293 e. The van der Waals surface area contributed by atoms with Gasteiger partial charge in [0.2, 0.25) is 0 Å². The number of anilines is 1. The Kier molecular flexibility index (Phi) is 6.99. The largest absolute Gasteiger partial charge is 0.489 e. The summed E-state index contributed by atoms with van der Waals surface area (Å²) in [7, 11) is 0. The van der Waals surface area contributed by atoms with Crippen LogP contribution < -0.4 is 10.1 Å². The van der Waals surface area contributed by atoms with Crippen molar-refractivity contribution in [3.05, 3.63) is 105 Å². The Morgan fingerprint density at radius 1 is 1.09 bits per heavy atom. The summed E-state index contributed by atoms with van der Waals surface area (Å²) >= 11 is 0. The summed E-state index contributed by atoms with van der Waals surface area (Å²) in [6, 6.07) is 21.3. The molecule has 3 rings (SSSR count). The summed E-state index contributed by atoms with van der Waals surface area (Å²) in [4.78, 5) is 23.3. The van der Waals surface area contributed by atoms with Gasteiger partial charge in [0, 0.05) is 6.07 Å². The van der Waals surface area contributed by atoms with E-state index < -0.39 is 10.8 Å². The van der Waals surface area contributed by atoms with Gasteiger partial charge in [-0.2, -0.15) is 5.26 Å². The lowest BCUT2D eigenvalue weighted by molar-refractivity contribution is -0.384. The van der Waals surface area contributed by atoms with Crippen LogP contribution in [-0.4, -0.2) is 10.8 Å². The Morgan fingerprint density at radius 3 is 2.50 bits per heavy atom. The average Bonchev–Trinajstić information content (AvgIpc) is 2.78. The summed E-state index contributed by atoms with van der Waals surface area (Å²) in [6.45, 7) is 4.11. The SMILES string of the molecule is Cc1ccc(COc2cccc(/C=C(\C#N)C(=O)Nc3ccc(C)cc3[N+](=O)[O-])c2)cc1. The molecule has 1 amide bonds. The smallest absolute Gasteiger partial charge is 0.293 e. The molecule has 0 heterocycles. The molecular weight excluding hydrogens is 406 g/mol. The lowest BCUT2D eigenvalue weighted by Gasteiger charge is -2.08. The number of benzene rings is 3. The molecule has 32 heavy (non-hydrogen) atoms. The fraction of sp³-hybridized carbons (Fsp3) is 0.120. The molecule has 160 valence electrons. The molecule has 0 aromatic heterocycles. The molecule has 1 N–H and O–H groups in total. The van der Waals surface area contributed by atoms with Crippen LogP contribution >= 0.6 is 0 Å². The number of hydrogen-bond donors (Lipinski definition) is 1. The van der Waals surface area contributed by atoms with Crippen LogP contribution in [0.4, 0.5) is 11.4 Å². The molecule has 7 nitrogen and oxygen atoms in total. The number of nitrogens with zero attached hydrogens (tertiary/aromatic N) is 2. The van der Waals surface area contributed by atoms with Crippen molar-refractivity contribution in [2.24, 2.45) is 0 Å². The van der Waals surface area contributed by atoms with E-state index in [0.29, 0.717) is 23.5 Å². The second kappa shape index (κ2) is 10.0. The number of ether oxygens (including phenoxy) is 1. The minimum absolute atomic E-state index is 0.0296. The van der Waals surface area contributed by atoms with E-state index in [1.807, 2.05) is 37.3 Å². The van der Waals surface area contributed by atoms with Crippen molar-refractivity contribution in [3.63, 3.8) is 0 Å². The number of nitro groups is 1. The maximum absolute atomic E-state index is 12.6. The van der Waals surface area contributed by atoms with Crippen LogP contribution in [0.1, 0.15) is 22.3 Å². The van der Waals surface area contributed by atoms with Crippen molar-refractivity contribution in [1.82, 2.24) is 0 Å². The standard InChI is InChI=1S/C25H21N3O4/c1-17-6-9-19(10-7-17)16-32-22-5-3-4-20(14-22)13-21(15-26)25(29)27-23-11-8-18(2)12-24(23)28(30)31/h3-14H,16H2,1-2H3,(H,27,29)/b21-13+. The normalized spacial score (nSPS) is 10.8. The number of aryl methyl sites for hydroxylation is 2. The zero-order valence-electron chi connectivity index (χ0n) is 17.7. The van der Waals surface area contributed by atoms with E-state index in [-0.39, 0.29) is 16.9 Å². The highest BCUT2D eigenvalue weighted by atomic mass is 16.6. The van der Waals surface area contributed by atoms with E-state index in [2.05, 4.69) is 5.32 Å². The van der Waals surface area contributed by atoms with Crippen LogP contribution in [-0.2, 0) is 11.4 Å². The second-order valence-corrected chi connectivity index (χ2v) is 7.25. The highest BCUT2D eigenvalue weighted by molar-refractivity contribution is 6.10.